The van der Waals surface area contributed by atoms with Gasteiger partial charge in [0, 0.05) is 13.6 Å². The number of nitrogens with zero attached hydrogens (tertiary/aromatic N) is 1. The third kappa shape index (κ3) is 3.85. The van der Waals surface area contributed by atoms with Crippen LogP contribution in [-0.2, 0) is 10.0 Å². The molecule has 0 unspecified atom stereocenters. The molecule has 0 saturated carbocycles. The van der Waals surface area contributed by atoms with Crippen molar-refractivity contribution in [2.45, 2.75) is 13.3 Å². The maximum absolute atomic E-state index is 10.7. The van der Waals surface area contributed by atoms with Gasteiger partial charge in [0.05, 0.1) is 6.26 Å². The molecule has 61 valence electrons. The molecule has 0 aliphatic rings. The minimum atomic E-state index is -2.97. The second-order valence-corrected chi connectivity index (χ2v) is 4.33. The minimum Gasteiger partial charge on any atom is -0.213 e. The Morgan fingerprint density at radius 1 is 1.50 bits per heavy atom. The molecule has 0 atom stereocenters. The van der Waals surface area contributed by atoms with Gasteiger partial charge in [-0.2, -0.15) is 0 Å². The maximum Gasteiger partial charge on any atom is 0.210 e. The van der Waals surface area contributed by atoms with Crippen LogP contribution in [0.5, 0.6) is 0 Å². The summed E-state index contributed by atoms with van der Waals surface area (Å²) in [6, 6.07) is 0. The Morgan fingerprint density at radius 2 is 2.00 bits per heavy atom. The van der Waals surface area contributed by atoms with Gasteiger partial charge in [-0.15, -0.1) is 0 Å². The summed E-state index contributed by atoms with van der Waals surface area (Å²) in [6.45, 7) is 2.49. The van der Waals surface area contributed by atoms with Gasteiger partial charge in [0.1, 0.15) is 0 Å². The topological polar surface area (TPSA) is 37.4 Å². The lowest BCUT2D eigenvalue weighted by Gasteiger charge is -2.11. The van der Waals surface area contributed by atoms with E-state index >= 15 is 0 Å². The monoisotopic (exact) mass is 164 g/mol. The molecule has 0 rings (SSSR count). The zero-order valence-corrected chi connectivity index (χ0v) is 7.48. The Kier molecular flexibility index (Phi) is 3.89. The molecule has 10 heavy (non-hydrogen) atoms. The first-order chi connectivity index (χ1) is 4.48. The van der Waals surface area contributed by atoms with Crippen molar-refractivity contribution in [2.75, 3.05) is 19.8 Å². The third-order valence-electron chi connectivity index (χ3n) is 1.24. The van der Waals surface area contributed by atoms with Gasteiger partial charge in [-0.1, -0.05) is 13.3 Å². The van der Waals surface area contributed by atoms with Crippen LogP contribution in [0.3, 0.4) is 0 Å². The number of hydrogen-bond acceptors (Lipinski definition) is 2. The van der Waals surface area contributed by atoms with E-state index in [1.807, 2.05) is 13.3 Å². The van der Waals surface area contributed by atoms with Crippen molar-refractivity contribution >= 4 is 10.0 Å². The normalized spacial score (nSPS) is 12.4. The zero-order valence-electron chi connectivity index (χ0n) is 6.66. The van der Waals surface area contributed by atoms with Crippen molar-refractivity contribution in [3.8, 4) is 0 Å². The van der Waals surface area contributed by atoms with Gasteiger partial charge in [0.15, 0.2) is 0 Å². The lowest BCUT2D eigenvalue weighted by Crippen LogP contribution is -2.26. The van der Waals surface area contributed by atoms with Gasteiger partial charge in [0.2, 0.25) is 10.0 Å². The zero-order chi connectivity index (χ0) is 8.20. The van der Waals surface area contributed by atoms with Gasteiger partial charge in [0.25, 0.3) is 0 Å². The lowest BCUT2D eigenvalue weighted by molar-refractivity contribution is 0.494. The second kappa shape index (κ2) is 3.93. The SMILES string of the molecule is CC[CH]CN(C)S(C)(=O)=O. The lowest BCUT2D eigenvalue weighted by atomic mass is 10.3. The van der Waals surface area contributed by atoms with Crippen molar-refractivity contribution in [3.05, 3.63) is 6.42 Å². The van der Waals surface area contributed by atoms with Crippen LogP contribution in [0.1, 0.15) is 13.3 Å². The van der Waals surface area contributed by atoms with Crippen LogP contribution in [0, 0.1) is 6.42 Å². The van der Waals surface area contributed by atoms with Crippen LogP contribution >= 0.6 is 0 Å². The largest absolute Gasteiger partial charge is 0.213 e. The van der Waals surface area contributed by atoms with Gasteiger partial charge in [-0.25, -0.2) is 12.7 Å². The Bertz CT molecular complexity index is 174. The summed E-state index contributed by atoms with van der Waals surface area (Å²) in [4.78, 5) is 0. The molecule has 0 aromatic carbocycles. The average molecular weight is 164 g/mol. The second-order valence-electron chi connectivity index (χ2n) is 2.24. The quantitative estimate of drug-likeness (QED) is 0.606. The highest BCUT2D eigenvalue weighted by molar-refractivity contribution is 7.88. The Labute approximate surface area is 63.1 Å². The highest BCUT2D eigenvalue weighted by Crippen LogP contribution is 1.95. The molecule has 0 spiro atoms. The summed E-state index contributed by atoms with van der Waals surface area (Å²) in [6.07, 6.45) is 4.03. The first-order valence-corrected chi connectivity index (χ1v) is 5.06. The van der Waals surface area contributed by atoms with E-state index in [0.717, 1.165) is 6.42 Å². The maximum atomic E-state index is 10.7. The van der Waals surface area contributed by atoms with Gasteiger partial charge in [-0.05, 0) is 6.42 Å². The molecular weight excluding hydrogens is 150 g/mol. The van der Waals surface area contributed by atoms with Crippen LogP contribution < -0.4 is 0 Å². The fraction of sp³-hybridized carbons (Fsp3) is 0.833. The summed E-state index contributed by atoms with van der Waals surface area (Å²) < 4.78 is 22.8. The van der Waals surface area contributed by atoms with Crippen LogP contribution in [0.2, 0.25) is 0 Å². The van der Waals surface area contributed by atoms with Crippen molar-refractivity contribution < 1.29 is 8.42 Å². The molecule has 0 aromatic heterocycles. The standard InChI is InChI=1S/C6H14NO2S/c1-4-5-6-7(2)10(3,8)9/h5H,4,6H2,1-3H3. The highest BCUT2D eigenvalue weighted by Gasteiger charge is 2.08. The molecule has 0 saturated heterocycles. The first-order valence-electron chi connectivity index (χ1n) is 3.21. The molecule has 0 aliphatic carbocycles. The number of hydrogen-bond donors (Lipinski definition) is 0. The molecule has 4 heteroatoms. The molecule has 0 fully saturated rings. The van der Waals surface area contributed by atoms with E-state index in [1.165, 1.54) is 10.6 Å². The van der Waals surface area contributed by atoms with E-state index in [2.05, 4.69) is 0 Å². The van der Waals surface area contributed by atoms with Crippen LogP contribution in [0.4, 0.5) is 0 Å². The van der Waals surface area contributed by atoms with Crippen molar-refractivity contribution in [1.82, 2.24) is 4.31 Å². The van der Waals surface area contributed by atoms with Crippen LogP contribution in [0.15, 0.2) is 0 Å². The predicted molar refractivity (Wildman–Crippen MR) is 42.1 cm³/mol. The molecule has 1 radical (unpaired) electrons. The molecular formula is C6H14NO2S. The van der Waals surface area contributed by atoms with E-state index < -0.39 is 10.0 Å². The van der Waals surface area contributed by atoms with E-state index in [-0.39, 0.29) is 0 Å². The fourth-order valence-corrected chi connectivity index (χ4v) is 0.822. The van der Waals surface area contributed by atoms with E-state index in [9.17, 15) is 8.42 Å². The van der Waals surface area contributed by atoms with E-state index in [4.69, 9.17) is 0 Å². The Hall–Kier alpha value is -0.0900. The fourth-order valence-electron chi connectivity index (χ4n) is 0.446. The Balaban J connectivity index is 3.75. The molecule has 0 aliphatic heterocycles. The smallest absolute Gasteiger partial charge is 0.210 e. The van der Waals surface area contributed by atoms with Gasteiger partial charge < -0.3 is 0 Å². The molecule has 3 nitrogen and oxygen atoms in total. The average Bonchev–Trinajstić information content (AvgIpc) is 1.80. The van der Waals surface area contributed by atoms with Gasteiger partial charge >= 0.3 is 0 Å². The van der Waals surface area contributed by atoms with Crippen molar-refractivity contribution in [1.29, 1.82) is 0 Å². The van der Waals surface area contributed by atoms with Gasteiger partial charge in [-0.3, -0.25) is 0 Å². The molecule has 0 bridgehead atoms. The van der Waals surface area contributed by atoms with Crippen LogP contribution in [0.25, 0.3) is 0 Å². The molecule has 0 aromatic rings. The molecule has 0 N–H and O–H groups in total. The van der Waals surface area contributed by atoms with Crippen molar-refractivity contribution in [2.24, 2.45) is 0 Å². The van der Waals surface area contributed by atoms with Crippen LogP contribution in [-0.4, -0.2) is 32.6 Å². The minimum absolute atomic E-state index is 0.509. The number of sulfonamides is 1. The molecule has 0 amide bonds. The summed E-state index contributed by atoms with van der Waals surface area (Å²) in [5.41, 5.74) is 0. The first kappa shape index (κ1) is 9.91. The summed E-state index contributed by atoms with van der Waals surface area (Å²) >= 11 is 0. The molecule has 0 heterocycles. The summed E-state index contributed by atoms with van der Waals surface area (Å²) in [7, 11) is -1.40. The predicted octanol–water partition coefficient (Wildman–Crippen LogP) is 0.492. The third-order valence-corrected chi connectivity index (χ3v) is 2.52. The van der Waals surface area contributed by atoms with Crippen molar-refractivity contribution in [3.63, 3.8) is 0 Å². The summed E-state index contributed by atoms with van der Waals surface area (Å²) in [5, 5.41) is 0. The number of rotatable bonds is 4. The Morgan fingerprint density at radius 3 is 2.30 bits per heavy atom. The summed E-state index contributed by atoms with van der Waals surface area (Å²) in [5.74, 6) is 0. The highest BCUT2D eigenvalue weighted by atomic mass is 32.2. The van der Waals surface area contributed by atoms with E-state index in [1.54, 1.807) is 7.05 Å². The number of unbranched alkanes of at least 4 members (excludes halogenated alkanes) is 1. The van der Waals surface area contributed by atoms with E-state index in [0.29, 0.717) is 6.54 Å².